The molecule has 0 amide bonds. The van der Waals surface area contributed by atoms with E-state index in [-0.39, 0.29) is 0 Å². The van der Waals surface area contributed by atoms with Gasteiger partial charge < -0.3 is 9.73 Å². The van der Waals surface area contributed by atoms with Gasteiger partial charge in [0, 0.05) is 10.9 Å². The molecule has 0 aliphatic carbocycles. The van der Waals surface area contributed by atoms with E-state index in [2.05, 4.69) is 46.0 Å². The van der Waals surface area contributed by atoms with E-state index in [4.69, 9.17) is 16.0 Å². The number of benzene rings is 1. The van der Waals surface area contributed by atoms with E-state index in [9.17, 15) is 0 Å². The fourth-order valence-electron chi connectivity index (χ4n) is 2.70. The van der Waals surface area contributed by atoms with Gasteiger partial charge in [-0.2, -0.15) is 0 Å². The highest BCUT2D eigenvalue weighted by Gasteiger charge is 2.18. The molecule has 21 heavy (non-hydrogen) atoms. The zero-order valence-corrected chi connectivity index (χ0v) is 14.5. The molecule has 0 saturated heterocycles. The summed E-state index contributed by atoms with van der Waals surface area (Å²) < 4.78 is 6.10. The average molecular weight is 308 g/mol. The Morgan fingerprint density at radius 1 is 1.14 bits per heavy atom. The minimum Gasteiger partial charge on any atom is -0.458 e. The summed E-state index contributed by atoms with van der Waals surface area (Å²) in [6, 6.07) is 4.00. The van der Waals surface area contributed by atoms with Crippen LogP contribution < -0.4 is 5.32 Å². The van der Waals surface area contributed by atoms with Crippen LogP contribution in [0.2, 0.25) is 5.02 Å². The molecular weight excluding hydrogens is 282 g/mol. The highest BCUT2D eigenvalue weighted by molar-refractivity contribution is 6.35. The second kappa shape index (κ2) is 6.85. The highest BCUT2D eigenvalue weighted by atomic mass is 35.5. The van der Waals surface area contributed by atoms with E-state index in [1.54, 1.807) is 0 Å². The number of hydrogen-bond acceptors (Lipinski definition) is 2. The van der Waals surface area contributed by atoms with E-state index >= 15 is 0 Å². The molecule has 0 radical (unpaired) electrons. The number of furan rings is 1. The molecule has 0 spiro atoms. The smallest absolute Gasteiger partial charge is 0.153 e. The van der Waals surface area contributed by atoms with Crippen molar-refractivity contribution in [3.05, 3.63) is 34.0 Å². The first-order valence-electron chi connectivity index (χ1n) is 7.80. The third kappa shape index (κ3) is 3.81. The predicted molar refractivity (Wildman–Crippen MR) is 91.0 cm³/mol. The van der Waals surface area contributed by atoms with Gasteiger partial charge in [0.15, 0.2) is 5.58 Å². The molecule has 0 bridgehead atoms. The van der Waals surface area contributed by atoms with Crippen molar-refractivity contribution in [1.82, 2.24) is 5.32 Å². The van der Waals surface area contributed by atoms with Crippen LogP contribution in [0.25, 0.3) is 11.0 Å². The second-order valence-electron chi connectivity index (χ2n) is 6.69. The molecule has 1 aromatic carbocycles. The Morgan fingerprint density at radius 2 is 1.86 bits per heavy atom. The fourth-order valence-corrected chi connectivity index (χ4v) is 2.89. The van der Waals surface area contributed by atoms with Gasteiger partial charge in [0.1, 0.15) is 5.76 Å². The van der Waals surface area contributed by atoms with E-state index in [0.29, 0.717) is 16.9 Å². The van der Waals surface area contributed by atoms with Crippen molar-refractivity contribution < 1.29 is 4.42 Å². The van der Waals surface area contributed by atoms with Crippen molar-refractivity contribution in [3.63, 3.8) is 0 Å². The SMILES string of the molecule is Cc1ccc(Cl)c2oc(CNCC(C)C)c(CC(C)C)c12. The Labute approximate surface area is 132 Å². The van der Waals surface area contributed by atoms with Gasteiger partial charge >= 0.3 is 0 Å². The van der Waals surface area contributed by atoms with Crippen molar-refractivity contribution in [2.45, 2.75) is 47.6 Å². The Balaban J connectivity index is 2.42. The Bertz CT molecular complexity index is 613. The van der Waals surface area contributed by atoms with Crippen LogP contribution in [0.1, 0.15) is 44.6 Å². The number of halogens is 1. The first-order valence-corrected chi connectivity index (χ1v) is 8.18. The van der Waals surface area contributed by atoms with Gasteiger partial charge in [-0.3, -0.25) is 0 Å². The van der Waals surface area contributed by atoms with E-state index in [1.165, 1.54) is 16.5 Å². The van der Waals surface area contributed by atoms with Crippen LogP contribution in [0.4, 0.5) is 0 Å². The first-order chi connectivity index (χ1) is 9.90. The molecule has 0 aliphatic heterocycles. The topological polar surface area (TPSA) is 25.2 Å². The molecule has 0 unspecified atom stereocenters. The molecule has 0 atom stereocenters. The third-order valence-corrected chi connectivity index (χ3v) is 3.93. The molecule has 1 heterocycles. The summed E-state index contributed by atoms with van der Waals surface area (Å²) >= 11 is 6.32. The van der Waals surface area contributed by atoms with Crippen molar-refractivity contribution in [1.29, 1.82) is 0 Å². The third-order valence-electron chi connectivity index (χ3n) is 3.63. The predicted octanol–water partition coefficient (Wildman–Crippen LogP) is 5.34. The zero-order chi connectivity index (χ0) is 15.6. The quantitative estimate of drug-likeness (QED) is 0.779. The molecule has 1 N–H and O–H groups in total. The van der Waals surface area contributed by atoms with Crippen LogP contribution in [0.3, 0.4) is 0 Å². The Morgan fingerprint density at radius 3 is 2.48 bits per heavy atom. The van der Waals surface area contributed by atoms with Crippen molar-refractivity contribution in [2.75, 3.05) is 6.54 Å². The molecule has 1 aromatic heterocycles. The van der Waals surface area contributed by atoms with Gasteiger partial charge in [-0.1, -0.05) is 45.4 Å². The van der Waals surface area contributed by atoms with Gasteiger partial charge in [-0.25, -0.2) is 0 Å². The molecule has 0 fully saturated rings. The number of aryl methyl sites for hydroxylation is 1. The molecule has 0 saturated carbocycles. The summed E-state index contributed by atoms with van der Waals surface area (Å²) in [5, 5.41) is 5.39. The summed E-state index contributed by atoms with van der Waals surface area (Å²) in [6.07, 6.45) is 1.02. The molecule has 2 rings (SSSR count). The highest BCUT2D eigenvalue weighted by Crippen LogP contribution is 2.35. The molecule has 116 valence electrons. The number of nitrogens with one attached hydrogen (secondary N) is 1. The van der Waals surface area contributed by atoms with Gasteiger partial charge in [0.05, 0.1) is 11.6 Å². The fraction of sp³-hybridized carbons (Fsp3) is 0.556. The molecule has 3 heteroatoms. The summed E-state index contributed by atoms with van der Waals surface area (Å²) in [7, 11) is 0. The molecule has 2 nitrogen and oxygen atoms in total. The summed E-state index contributed by atoms with van der Waals surface area (Å²) in [5.41, 5.74) is 3.40. The lowest BCUT2D eigenvalue weighted by Crippen LogP contribution is -2.19. The standard InChI is InChI=1S/C18H26ClNO/c1-11(2)8-14-16(10-20-9-12(3)4)21-18-15(19)7-6-13(5)17(14)18/h6-7,11-12,20H,8-10H2,1-5H3. The van der Waals surface area contributed by atoms with E-state index < -0.39 is 0 Å². The molecule has 0 aliphatic rings. The normalized spacial score (nSPS) is 12.0. The van der Waals surface area contributed by atoms with Crippen LogP contribution in [-0.4, -0.2) is 6.54 Å². The summed E-state index contributed by atoms with van der Waals surface area (Å²) in [4.78, 5) is 0. The van der Waals surface area contributed by atoms with E-state index in [1.807, 2.05) is 6.07 Å². The maximum Gasteiger partial charge on any atom is 0.153 e. The van der Waals surface area contributed by atoms with Gasteiger partial charge in [0.2, 0.25) is 0 Å². The lowest BCUT2D eigenvalue weighted by Gasteiger charge is -2.09. The van der Waals surface area contributed by atoms with E-state index in [0.717, 1.165) is 30.9 Å². The number of hydrogen-bond donors (Lipinski definition) is 1. The minimum atomic E-state index is 0.591. The summed E-state index contributed by atoms with van der Waals surface area (Å²) in [5.74, 6) is 2.26. The number of fused-ring (bicyclic) bond motifs is 1. The van der Waals surface area contributed by atoms with Crippen LogP contribution in [0, 0.1) is 18.8 Å². The number of rotatable bonds is 6. The average Bonchev–Trinajstić information content (AvgIpc) is 2.73. The monoisotopic (exact) mass is 307 g/mol. The van der Waals surface area contributed by atoms with Gasteiger partial charge in [0.25, 0.3) is 0 Å². The maximum atomic E-state index is 6.32. The van der Waals surface area contributed by atoms with Gasteiger partial charge in [-0.05, 0) is 43.4 Å². The van der Waals surface area contributed by atoms with Crippen molar-refractivity contribution in [2.24, 2.45) is 11.8 Å². The van der Waals surface area contributed by atoms with Crippen molar-refractivity contribution in [3.8, 4) is 0 Å². The van der Waals surface area contributed by atoms with Crippen LogP contribution >= 0.6 is 11.6 Å². The molecular formula is C18H26ClNO. The second-order valence-corrected chi connectivity index (χ2v) is 7.10. The lowest BCUT2D eigenvalue weighted by atomic mass is 9.97. The van der Waals surface area contributed by atoms with Crippen LogP contribution in [0.15, 0.2) is 16.5 Å². The first kappa shape index (κ1) is 16.4. The van der Waals surface area contributed by atoms with Gasteiger partial charge in [-0.15, -0.1) is 0 Å². The van der Waals surface area contributed by atoms with Crippen LogP contribution in [0.5, 0.6) is 0 Å². The Kier molecular flexibility index (Phi) is 5.34. The molecule has 2 aromatic rings. The van der Waals surface area contributed by atoms with Crippen LogP contribution in [-0.2, 0) is 13.0 Å². The van der Waals surface area contributed by atoms with Crippen molar-refractivity contribution >= 4 is 22.6 Å². The zero-order valence-electron chi connectivity index (χ0n) is 13.7. The lowest BCUT2D eigenvalue weighted by molar-refractivity contribution is 0.477. The summed E-state index contributed by atoms with van der Waals surface area (Å²) in [6.45, 7) is 12.8. The maximum absolute atomic E-state index is 6.32. The minimum absolute atomic E-state index is 0.591. The largest absolute Gasteiger partial charge is 0.458 e. The Hall–Kier alpha value is -0.990.